The molecule has 1 aliphatic heterocycles. The first-order valence-corrected chi connectivity index (χ1v) is 5.41. The minimum atomic E-state index is -0.244. The number of rotatable bonds is 0. The molecule has 0 bridgehead atoms. The van der Waals surface area contributed by atoms with Gasteiger partial charge in [-0.1, -0.05) is 12.1 Å². The molecule has 0 fully saturated rings. The molecule has 0 aliphatic carbocycles. The Morgan fingerprint density at radius 1 is 1.19 bits per heavy atom. The van der Waals surface area contributed by atoms with Crippen molar-refractivity contribution in [3.63, 3.8) is 0 Å². The highest BCUT2D eigenvalue weighted by molar-refractivity contribution is 5.98. The summed E-state index contributed by atoms with van der Waals surface area (Å²) in [7, 11) is 0. The normalized spacial score (nSPS) is 15.9. The van der Waals surface area contributed by atoms with E-state index >= 15 is 0 Å². The second-order valence-electron chi connectivity index (χ2n) is 4.86. The number of nitrogens with one attached hydrogen (secondary N) is 2. The summed E-state index contributed by atoms with van der Waals surface area (Å²) in [6, 6.07) is 7.78. The van der Waals surface area contributed by atoms with Crippen molar-refractivity contribution in [1.82, 2.24) is 5.32 Å². The number of carbonyl (C=O) groups is 1. The van der Waals surface area contributed by atoms with E-state index in [1.54, 1.807) is 4.90 Å². The SMILES string of the molecule is CC(C)(C)N1C(=O)NCNc2ccccc21. The molecule has 1 aliphatic rings. The Morgan fingerprint density at radius 2 is 1.88 bits per heavy atom. The van der Waals surface area contributed by atoms with E-state index in [1.807, 2.05) is 45.0 Å². The van der Waals surface area contributed by atoms with Crippen molar-refractivity contribution in [1.29, 1.82) is 0 Å². The number of fused-ring (bicyclic) bond motifs is 1. The fourth-order valence-electron chi connectivity index (χ4n) is 1.89. The smallest absolute Gasteiger partial charge is 0.323 e. The Labute approximate surface area is 95.6 Å². The lowest BCUT2D eigenvalue weighted by molar-refractivity contribution is 0.242. The Morgan fingerprint density at radius 3 is 2.56 bits per heavy atom. The van der Waals surface area contributed by atoms with Gasteiger partial charge in [0, 0.05) is 5.54 Å². The van der Waals surface area contributed by atoms with Crippen LogP contribution in [0.5, 0.6) is 0 Å². The first-order valence-electron chi connectivity index (χ1n) is 5.41. The summed E-state index contributed by atoms with van der Waals surface area (Å²) in [5, 5.41) is 6.01. The average molecular weight is 219 g/mol. The zero-order valence-corrected chi connectivity index (χ0v) is 9.87. The van der Waals surface area contributed by atoms with Crippen LogP contribution in [-0.2, 0) is 0 Å². The van der Waals surface area contributed by atoms with E-state index in [0.717, 1.165) is 11.4 Å². The van der Waals surface area contributed by atoms with Gasteiger partial charge in [0.15, 0.2) is 0 Å². The van der Waals surface area contributed by atoms with Crippen molar-refractivity contribution >= 4 is 17.4 Å². The van der Waals surface area contributed by atoms with Crippen LogP contribution in [0.2, 0.25) is 0 Å². The standard InChI is InChI=1S/C12H17N3O/c1-12(2,3)15-10-7-5-4-6-9(10)13-8-14-11(15)16/h4-7,13H,8H2,1-3H3,(H,14,16). The third kappa shape index (κ3) is 1.83. The van der Waals surface area contributed by atoms with E-state index < -0.39 is 0 Å². The Kier molecular flexibility index (Phi) is 2.50. The quantitative estimate of drug-likeness (QED) is 0.703. The Hall–Kier alpha value is -1.71. The summed E-state index contributed by atoms with van der Waals surface area (Å²) in [4.78, 5) is 13.8. The van der Waals surface area contributed by atoms with E-state index in [1.165, 1.54) is 0 Å². The monoisotopic (exact) mass is 219 g/mol. The van der Waals surface area contributed by atoms with Gasteiger partial charge >= 0.3 is 6.03 Å². The van der Waals surface area contributed by atoms with Gasteiger partial charge in [-0.25, -0.2) is 4.79 Å². The predicted octanol–water partition coefficient (Wildman–Crippen LogP) is 2.38. The summed E-state index contributed by atoms with van der Waals surface area (Å²) in [5.74, 6) is 0. The van der Waals surface area contributed by atoms with Crippen LogP contribution in [0.15, 0.2) is 24.3 Å². The van der Waals surface area contributed by atoms with Crippen LogP contribution in [0.1, 0.15) is 20.8 Å². The van der Waals surface area contributed by atoms with E-state index in [-0.39, 0.29) is 11.6 Å². The molecule has 0 unspecified atom stereocenters. The Bertz CT molecular complexity index is 409. The van der Waals surface area contributed by atoms with Crippen LogP contribution in [0.25, 0.3) is 0 Å². The lowest BCUT2D eigenvalue weighted by Crippen LogP contribution is -2.50. The van der Waals surface area contributed by atoms with Crippen molar-refractivity contribution in [2.45, 2.75) is 26.3 Å². The van der Waals surface area contributed by atoms with Gasteiger partial charge in [-0.05, 0) is 32.9 Å². The fourth-order valence-corrected chi connectivity index (χ4v) is 1.89. The van der Waals surface area contributed by atoms with Crippen molar-refractivity contribution in [3.8, 4) is 0 Å². The highest BCUT2D eigenvalue weighted by Gasteiger charge is 2.30. The summed E-state index contributed by atoms with van der Waals surface area (Å²) >= 11 is 0. The minimum absolute atomic E-state index is 0.0649. The molecule has 4 nitrogen and oxygen atoms in total. The summed E-state index contributed by atoms with van der Waals surface area (Å²) in [6.07, 6.45) is 0. The molecule has 0 radical (unpaired) electrons. The van der Waals surface area contributed by atoms with Crippen LogP contribution in [0.3, 0.4) is 0 Å². The molecule has 4 heteroatoms. The van der Waals surface area contributed by atoms with E-state index in [2.05, 4.69) is 10.6 Å². The Balaban J connectivity index is 2.52. The molecule has 1 aromatic rings. The molecule has 0 aromatic heterocycles. The predicted molar refractivity (Wildman–Crippen MR) is 65.7 cm³/mol. The number of hydrogen-bond donors (Lipinski definition) is 2. The largest absolute Gasteiger partial charge is 0.366 e. The summed E-state index contributed by atoms with van der Waals surface area (Å²) in [5.41, 5.74) is 1.66. The molecule has 86 valence electrons. The number of urea groups is 1. The molecular weight excluding hydrogens is 202 g/mol. The van der Waals surface area contributed by atoms with Gasteiger partial charge in [-0.15, -0.1) is 0 Å². The van der Waals surface area contributed by atoms with Crippen molar-refractivity contribution in [2.75, 3.05) is 16.9 Å². The molecule has 0 atom stereocenters. The van der Waals surface area contributed by atoms with Gasteiger partial charge in [0.05, 0.1) is 18.0 Å². The third-order valence-corrected chi connectivity index (χ3v) is 2.54. The number of amides is 2. The maximum atomic E-state index is 12.0. The lowest BCUT2D eigenvalue weighted by Gasteiger charge is -2.34. The van der Waals surface area contributed by atoms with Crippen LogP contribution in [-0.4, -0.2) is 18.2 Å². The highest BCUT2D eigenvalue weighted by Crippen LogP contribution is 2.32. The van der Waals surface area contributed by atoms with Crippen molar-refractivity contribution in [2.24, 2.45) is 0 Å². The van der Waals surface area contributed by atoms with Gasteiger partial charge in [0.25, 0.3) is 0 Å². The molecular formula is C12H17N3O. The van der Waals surface area contributed by atoms with Crippen LogP contribution < -0.4 is 15.5 Å². The van der Waals surface area contributed by atoms with Crippen LogP contribution in [0.4, 0.5) is 16.2 Å². The summed E-state index contributed by atoms with van der Waals surface area (Å²) in [6.45, 7) is 6.53. The third-order valence-electron chi connectivity index (χ3n) is 2.54. The number of hydrogen-bond acceptors (Lipinski definition) is 2. The first kappa shape index (κ1) is 10.8. The van der Waals surface area contributed by atoms with Gasteiger partial charge in [0.2, 0.25) is 0 Å². The lowest BCUT2D eigenvalue weighted by atomic mass is 10.0. The van der Waals surface area contributed by atoms with Gasteiger partial charge in [-0.3, -0.25) is 4.90 Å². The fraction of sp³-hybridized carbons (Fsp3) is 0.417. The number of benzene rings is 1. The first-order chi connectivity index (χ1) is 7.50. The molecule has 2 N–H and O–H groups in total. The molecule has 16 heavy (non-hydrogen) atoms. The van der Waals surface area contributed by atoms with Gasteiger partial charge in [-0.2, -0.15) is 0 Å². The van der Waals surface area contributed by atoms with E-state index in [0.29, 0.717) is 6.67 Å². The molecule has 0 saturated heterocycles. The maximum absolute atomic E-state index is 12.0. The number of nitrogens with zero attached hydrogens (tertiary/aromatic N) is 1. The average Bonchev–Trinajstić information content (AvgIpc) is 2.34. The number of anilines is 2. The molecule has 2 amide bonds. The number of carbonyl (C=O) groups excluding carboxylic acids is 1. The van der Waals surface area contributed by atoms with E-state index in [9.17, 15) is 4.79 Å². The zero-order chi connectivity index (χ0) is 11.8. The minimum Gasteiger partial charge on any atom is -0.366 e. The second kappa shape index (κ2) is 3.70. The van der Waals surface area contributed by atoms with Crippen LogP contribution in [0, 0.1) is 0 Å². The zero-order valence-electron chi connectivity index (χ0n) is 9.87. The summed E-state index contributed by atoms with van der Waals surface area (Å²) < 4.78 is 0. The molecule has 2 rings (SSSR count). The molecule has 1 aromatic carbocycles. The highest BCUT2D eigenvalue weighted by atomic mass is 16.2. The van der Waals surface area contributed by atoms with Gasteiger partial charge in [0.1, 0.15) is 0 Å². The van der Waals surface area contributed by atoms with Gasteiger partial charge < -0.3 is 10.6 Å². The van der Waals surface area contributed by atoms with E-state index in [4.69, 9.17) is 0 Å². The topological polar surface area (TPSA) is 44.4 Å². The number of para-hydroxylation sites is 2. The van der Waals surface area contributed by atoms with Crippen molar-refractivity contribution in [3.05, 3.63) is 24.3 Å². The van der Waals surface area contributed by atoms with Crippen LogP contribution >= 0.6 is 0 Å². The maximum Gasteiger partial charge on any atom is 0.323 e. The molecule has 0 saturated carbocycles. The van der Waals surface area contributed by atoms with Crippen molar-refractivity contribution < 1.29 is 4.79 Å². The second-order valence-corrected chi connectivity index (χ2v) is 4.86. The molecule has 0 spiro atoms. The molecule has 1 heterocycles.